The monoisotopic (exact) mass is 1110 g/mol. The zero-order chi connectivity index (χ0) is 50.7. The van der Waals surface area contributed by atoms with Gasteiger partial charge in [0.2, 0.25) is 0 Å². The molecule has 0 N–H and O–H groups in total. The number of aromatic nitrogens is 2. The summed E-state index contributed by atoms with van der Waals surface area (Å²) in [5.74, 6) is 0. The number of rotatable bonds is 12. The van der Waals surface area contributed by atoms with Crippen LogP contribution in [0.2, 0.25) is 0 Å². The Bertz CT molecular complexity index is 3090. The number of halogens is 4. The van der Waals surface area contributed by atoms with Gasteiger partial charge >= 0.3 is 66.4 Å². The van der Waals surface area contributed by atoms with E-state index in [1.165, 1.54) is 11.1 Å². The average Bonchev–Trinajstić information content (AvgIpc) is 3.41. The second-order valence-corrected chi connectivity index (χ2v) is 19.8. The van der Waals surface area contributed by atoms with Gasteiger partial charge in [-0.1, -0.05) is 169 Å². The van der Waals surface area contributed by atoms with Gasteiger partial charge in [-0.25, -0.2) is 29.9 Å². The third-order valence-electron chi connectivity index (χ3n) is 11.2. The van der Waals surface area contributed by atoms with Crippen LogP contribution in [0.3, 0.4) is 0 Å². The van der Waals surface area contributed by atoms with E-state index in [-0.39, 0.29) is 0 Å². The number of nitrogens with zero attached hydrogens (tertiary/aromatic N) is 6. The molecular weight excluding hydrogens is 1060 g/mol. The summed E-state index contributed by atoms with van der Waals surface area (Å²) in [6.07, 6.45) is 0. The maximum absolute atomic E-state index is 5.26. The molecule has 0 aliphatic rings. The number of pyridine rings is 2. The van der Waals surface area contributed by atoms with E-state index >= 15 is 0 Å². The van der Waals surface area contributed by atoms with Crippen molar-refractivity contribution >= 4 is 86.2 Å². The van der Waals surface area contributed by atoms with E-state index in [1.54, 1.807) is 0 Å². The molecule has 364 valence electrons. The number of aliphatic imine (C=N–C) groups is 4. The van der Waals surface area contributed by atoms with E-state index in [0.29, 0.717) is 25.8 Å². The molecule has 0 spiro atoms. The normalized spacial score (nSPS) is 11.9. The van der Waals surface area contributed by atoms with Crippen molar-refractivity contribution in [3.8, 4) is 0 Å². The Hall–Kier alpha value is -6.31. The Labute approximate surface area is 451 Å². The Balaban J connectivity index is 0.00000121. The van der Waals surface area contributed by atoms with Crippen LogP contribution in [-0.2, 0) is 25.8 Å². The van der Waals surface area contributed by atoms with Crippen molar-refractivity contribution in [1.82, 2.24) is 9.97 Å². The minimum absolute atomic E-state index is 0.382. The summed E-state index contributed by atoms with van der Waals surface area (Å²) in [6, 6.07) is 73.6. The molecule has 12 heteroatoms. The Kier molecular flexibility index (Phi) is 20.4. The second-order valence-electron chi connectivity index (χ2n) is 16.3. The molecule has 0 bridgehead atoms. The quantitative estimate of drug-likeness (QED) is 0.114. The van der Waals surface area contributed by atoms with Crippen LogP contribution in [0.1, 0.15) is 67.3 Å². The fourth-order valence-corrected chi connectivity index (χ4v) is 7.82. The molecule has 2 heterocycles. The molecule has 2 aromatic heterocycles. The van der Waals surface area contributed by atoms with E-state index in [1.807, 2.05) is 133 Å². The Morgan fingerprint density at radius 3 is 0.847 bits per heavy atom. The van der Waals surface area contributed by atoms with Gasteiger partial charge in [-0.2, -0.15) is 0 Å². The fraction of sp³-hybridized carbons (Fsp3) is 0.0667. The van der Waals surface area contributed by atoms with Gasteiger partial charge in [0.25, 0.3) is 0 Å². The van der Waals surface area contributed by atoms with Crippen LogP contribution < -0.4 is 0 Å². The van der Waals surface area contributed by atoms with E-state index in [4.69, 9.17) is 70.5 Å². The molecule has 9 rings (SSSR count). The van der Waals surface area contributed by atoms with Crippen LogP contribution in [0.15, 0.2) is 238 Å². The molecule has 0 radical (unpaired) electrons. The molecule has 72 heavy (non-hydrogen) atoms. The van der Waals surface area contributed by atoms with Crippen molar-refractivity contribution < 1.29 is 25.8 Å². The number of aryl methyl sites for hydroxylation is 4. The van der Waals surface area contributed by atoms with Crippen molar-refractivity contribution in [3.05, 3.63) is 286 Å². The molecule has 6 nitrogen and oxygen atoms in total. The molecule has 0 fully saturated rings. The second kappa shape index (κ2) is 27.5. The summed E-state index contributed by atoms with van der Waals surface area (Å²) in [5.41, 5.74) is 17.9. The predicted octanol–water partition coefficient (Wildman–Crippen LogP) is 17.1. The predicted molar refractivity (Wildman–Crippen MR) is 297 cm³/mol. The molecular formula is C60H48Cl4Co2N6. The van der Waals surface area contributed by atoms with Crippen LogP contribution in [0.25, 0.3) is 0 Å². The van der Waals surface area contributed by atoms with Crippen molar-refractivity contribution in [2.75, 3.05) is 0 Å². The molecule has 0 amide bonds. The summed E-state index contributed by atoms with van der Waals surface area (Å²) in [7, 11) is 18.9. The molecule has 0 aliphatic heterocycles. The maximum atomic E-state index is 5.26. The molecule has 0 saturated heterocycles. The third-order valence-corrected chi connectivity index (χ3v) is 11.2. The minimum atomic E-state index is 0.382. The molecule has 0 unspecified atom stereocenters. The van der Waals surface area contributed by atoms with Crippen LogP contribution in [0.4, 0.5) is 22.7 Å². The van der Waals surface area contributed by atoms with Gasteiger partial charge in [0.1, 0.15) is 0 Å². The average molecular weight is 1110 g/mol. The van der Waals surface area contributed by atoms with Crippen LogP contribution in [0.5, 0.6) is 0 Å². The number of benzene rings is 7. The summed E-state index contributed by atoms with van der Waals surface area (Å²) in [4.78, 5) is 31.5. The molecule has 0 atom stereocenters. The van der Waals surface area contributed by atoms with Gasteiger partial charge in [0, 0.05) is 22.3 Å². The standard InChI is InChI=1S/C60H48N6.4ClH.2Co/c1-41-31-37-51(43(3)39-41)65-59(47-23-13-7-14-24-47)55-29-17-27-53(63-55)57(45-19-9-5-10-20-45)61-49-33-35-50(36-34-49)62-58(46-21-11-6-12-22-46)54-28-18-30-56(64-54)60(48-25-15-8-16-26-48)66-52-38-32-42(2)40-44(52)4;;;;;;/h5-40H,1-4H3;4*1H;;/q;;;;;2*+2/p-4. The van der Waals surface area contributed by atoms with Crippen LogP contribution in [-0.4, -0.2) is 32.8 Å². The topological polar surface area (TPSA) is 75.2 Å². The molecule has 9 aromatic rings. The van der Waals surface area contributed by atoms with Gasteiger partial charge in [0.05, 0.1) is 68.4 Å². The van der Waals surface area contributed by atoms with Crippen molar-refractivity contribution in [1.29, 1.82) is 0 Å². The van der Waals surface area contributed by atoms with Crippen LogP contribution in [0, 0.1) is 27.7 Å². The summed E-state index contributed by atoms with van der Waals surface area (Å²) >= 11 is 0.764. The van der Waals surface area contributed by atoms with Gasteiger partial charge < -0.3 is 0 Å². The Morgan fingerprint density at radius 2 is 0.583 bits per heavy atom. The van der Waals surface area contributed by atoms with Gasteiger partial charge in [-0.15, -0.1) is 0 Å². The van der Waals surface area contributed by atoms with Crippen molar-refractivity contribution in [2.45, 2.75) is 27.7 Å². The van der Waals surface area contributed by atoms with E-state index in [2.05, 4.69) is 113 Å². The van der Waals surface area contributed by atoms with E-state index in [0.717, 1.165) is 102 Å². The summed E-state index contributed by atoms with van der Waals surface area (Å²) in [5, 5.41) is 0. The fourth-order valence-electron chi connectivity index (χ4n) is 7.82. The first kappa shape index (κ1) is 53.5. The zero-order valence-electron chi connectivity index (χ0n) is 39.6. The first-order valence-corrected chi connectivity index (χ1v) is 28.3. The first-order chi connectivity index (χ1) is 35.2. The first-order valence-electron chi connectivity index (χ1n) is 22.6. The number of hydrogen-bond donors (Lipinski definition) is 0. The van der Waals surface area contributed by atoms with E-state index in [9.17, 15) is 0 Å². The van der Waals surface area contributed by atoms with Gasteiger partial charge in [0.15, 0.2) is 0 Å². The summed E-state index contributed by atoms with van der Waals surface area (Å²) < 4.78 is 0. The zero-order valence-corrected chi connectivity index (χ0v) is 44.8. The van der Waals surface area contributed by atoms with Crippen LogP contribution >= 0.6 is 40.6 Å². The third kappa shape index (κ3) is 14.9. The number of hydrogen-bond acceptors (Lipinski definition) is 6. The Morgan fingerprint density at radius 1 is 0.319 bits per heavy atom. The molecule has 0 saturated carbocycles. The molecule has 0 aliphatic carbocycles. The van der Waals surface area contributed by atoms with Crippen molar-refractivity contribution in [2.24, 2.45) is 20.0 Å². The SMILES string of the molecule is Cc1ccc(N=C(c2ccccc2)c2cccc(C(=Nc3ccc(N=C(c4ccccc4)c4cccc(C(=Nc5ccc(C)cc5C)c5ccccc5)n4)cc3)c3ccccc3)n2)c(C)c1.[Cl][Co][Cl].[Cl][Co][Cl]. The van der Waals surface area contributed by atoms with Gasteiger partial charge in [-0.3, -0.25) is 0 Å². The molecule has 7 aromatic carbocycles. The van der Waals surface area contributed by atoms with Gasteiger partial charge in [-0.05, 0) is 99.5 Å². The van der Waals surface area contributed by atoms with Crippen molar-refractivity contribution in [3.63, 3.8) is 0 Å². The summed E-state index contributed by atoms with van der Waals surface area (Å²) in [6.45, 7) is 8.39. The van der Waals surface area contributed by atoms with E-state index < -0.39 is 0 Å².